The molecule has 4 nitrogen and oxygen atoms in total. The molecule has 0 amide bonds. The van der Waals surface area contributed by atoms with Gasteiger partial charge >= 0.3 is 5.97 Å². The van der Waals surface area contributed by atoms with Crippen molar-refractivity contribution in [2.75, 3.05) is 4.90 Å². The number of hydrogen-bond donors (Lipinski definition) is 0. The molecule has 0 spiro atoms. The number of carbonyl (C=O) groups is 1. The number of ether oxygens (including phenoxy) is 1. The number of nitrogens with zero attached hydrogens (tertiary/aromatic N) is 2. The molecule has 0 aromatic heterocycles. The first-order valence-corrected chi connectivity index (χ1v) is 8.40. The lowest BCUT2D eigenvalue weighted by atomic mass is 10.0. The predicted octanol–water partition coefficient (Wildman–Crippen LogP) is 4.76. The van der Waals surface area contributed by atoms with Crippen LogP contribution in [-0.2, 0) is 11.2 Å². The van der Waals surface area contributed by atoms with Crippen molar-refractivity contribution in [2.45, 2.75) is 12.5 Å². The van der Waals surface area contributed by atoms with Gasteiger partial charge in [0, 0.05) is 12.0 Å². The standard InChI is InChI=1S/C22H16N2O2/c23-15-24-19-12-6-4-10-17(19)14-21(18-11-5-7-13-20(18)24)26-22(25)16-8-2-1-3-9-16/h1-13,21H,14H2. The van der Waals surface area contributed by atoms with Gasteiger partial charge in [-0.1, -0.05) is 54.6 Å². The molecule has 0 saturated heterocycles. The van der Waals surface area contributed by atoms with E-state index >= 15 is 0 Å². The fraction of sp³-hybridized carbons (Fsp3) is 0.0909. The second-order valence-corrected chi connectivity index (χ2v) is 6.09. The number of fused-ring (bicyclic) bond motifs is 2. The van der Waals surface area contributed by atoms with Crippen molar-refractivity contribution < 1.29 is 9.53 Å². The van der Waals surface area contributed by atoms with E-state index in [4.69, 9.17) is 4.74 Å². The molecule has 0 fully saturated rings. The van der Waals surface area contributed by atoms with Gasteiger partial charge < -0.3 is 4.74 Å². The zero-order valence-corrected chi connectivity index (χ0v) is 14.0. The third kappa shape index (κ3) is 2.80. The van der Waals surface area contributed by atoms with Crippen LogP contribution in [-0.4, -0.2) is 5.97 Å². The molecule has 1 aliphatic rings. The SMILES string of the molecule is N#CN1c2ccccc2CC(OC(=O)c2ccccc2)c2ccccc21. The Labute approximate surface area is 151 Å². The van der Waals surface area contributed by atoms with Gasteiger partial charge in [0.2, 0.25) is 0 Å². The highest BCUT2D eigenvalue weighted by Crippen LogP contribution is 2.41. The van der Waals surface area contributed by atoms with E-state index in [0.29, 0.717) is 12.0 Å². The maximum atomic E-state index is 12.6. The lowest BCUT2D eigenvalue weighted by Crippen LogP contribution is -2.14. The van der Waals surface area contributed by atoms with Gasteiger partial charge in [0.25, 0.3) is 0 Å². The van der Waals surface area contributed by atoms with Crippen molar-refractivity contribution in [3.05, 3.63) is 95.6 Å². The Kier molecular flexibility index (Phi) is 4.12. The lowest BCUT2D eigenvalue weighted by Gasteiger charge is -2.20. The van der Waals surface area contributed by atoms with Crippen LogP contribution >= 0.6 is 0 Å². The zero-order valence-electron chi connectivity index (χ0n) is 14.0. The van der Waals surface area contributed by atoms with Crippen molar-refractivity contribution in [3.8, 4) is 6.19 Å². The summed E-state index contributed by atoms with van der Waals surface area (Å²) in [5, 5.41) is 9.72. The highest BCUT2D eigenvalue weighted by molar-refractivity contribution is 5.89. The maximum Gasteiger partial charge on any atom is 0.338 e. The monoisotopic (exact) mass is 340 g/mol. The minimum atomic E-state index is -0.460. The van der Waals surface area contributed by atoms with E-state index in [1.165, 1.54) is 0 Å². The summed E-state index contributed by atoms with van der Waals surface area (Å²) < 4.78 is 5.86. The van der Waals surface area contributed by atoms with E-state index in [1.807, 2.05) is 66.7 Å². The minimum absolute atomic E-state index is 0.367. The van der Waals surface area contributed by atoms with E-state index < -0.39 is 6.10 Å². The molecule has 4 heteroatoms. The van der Waals surface area contributed by atoms with Gasteiger partial charge in [0.15, 0.2) is 6.19 Å². The number of benzene rings is 3. The number of anilines is 2. The summed E-state index contributed by atoms with van der Waals surface area (Å²) in [5.41, 5.74) is 3.87. The molecule has 1 unspecified atom stereocenters. The van der Waals surface area contributed by atoms with Crippen LogP contribution in [0.15, 0.2) is 78.9 Å². The highest BCUT2D eigenvalue weighted by Gasteiger charge is 2.29. The number of nitriles is 1. The Morgan fingerprint density at radius 1 is 0.923 bits per heavy atom. The molecule has 0 aliphatic carbocycles. The number of rotatable bonds is 2. The quantitative estimate of drug-likeness (QED) is 0.498. The zero-order chi connectivity index (χ0) is 17.9. The van der Waals surface area contributed by atoms with E-state index in [2.05, 4.69) is 6.19 Å². The Morgan fingerprint density at radius 2 is 1.58 bits per heavy atom. The van der Waals surface area contributed by atoms with Crippen LogP contribution in [0.4, 0.5) is 11.4 Å². The molecule has 26 heavy (non-hydrogen) atoms. The number of carbonyl (C=O) groups excluding carboxylic acids is 1. The van der Waals surface area contributed by atoms with Gasteiger partial charge in [-0.3, -0.25) is 0 Å². The maximum absolute atomic E-state index is 12.6. The van der Waals surface area contributed by atoms with Gasteiger partial charge in [0.1, 0.15) is 6.10 Å². The largest absolute Gasteiger partial charge is 0.453 e. The second kappa shape index (κ2) is 6.73. The average molecular weight is 340 g/mol. The van der Waals surface area contributed by atoms with Gasteiger partial charge in [0.05, 0.1) is 16.9 Å². The van der Waals surface area contributed by atoms with Gasteiger partial charge in [-0.2, -0.15) is 5.26 Å². The van der Waals surface area contributed by atoms with E-state index in [1.54, 1.807) is 17.0 Å². The van der Waals surface area contributed by atoms with Crippen LogP contribution in [0.1, 0.15) is 27.6 Å². The van der Waals surface area contributed by atoms with Gasteiger partial charge in [-0.25, -0.2) is 9.69 Å². The van der Waals surface area contributed by atoms with E-state index in [0.717, 1.165) is 22.5 Å². The topological polar surface area (TPSA) is 53.3 Å². The fourth-order valence-electron chi connectivity index (χ4n) is 3.29. The smallest absolute Gasteiger partial charge is 0.338 e. The molecule has 0 N–H and O–H groups in total. The van der Waals surface area contributed by atoms with Crippen molar-refractivity contribution in [1.82, 2.24) is 0 Å². The summed E-state index contributed by atoms with van der Waals surface area (Å²) in [6.07, 6.45) is 2.31. The number of para-hydroxylation sites is 2. The summed E-state index contributed by atoms with van der Waals surface area (Å²) in [6, 6.07) is 24.2. The second-order valence-electron chi connectivity index (χ2n) is 6.09. The molecule has 1 atom stereocenters. The summed E-state index contributed by atoms with van der Waals surface area (Å²) in [4.78, 5) is 14.2. The van der Waals surface area contributed by atoms with E-state index in [9.17, 15) is 10.1 Å². The molecule has 1 heterocycles. The van der Waals surface area contributed by atoms with Crippen molar-refractivity contribution >= 4 is 17.3 Å². The third-order valence-corrected chi connectivity index (χ3v) is 4.52. The van der Waals surface area contributed by atoms with Gasteiger partial charge in [-0.15, -0.1) is 0 Å². The van der Waals surface area contributed by atoms with Crippen molar-refractivity contribution in [3.63, 3.8) is 0 Å². The minimum Gasteiger partial charge on any atom is -0.453 e. The summed E-state index contributed by atoms with van der Waals surface area (Å²) >= 11 is 0. The van der Waals surface area contributed by atoms with Gasteiger partial charge in [-0.05, 0) is 29.8 Å². The molecular formula is C22H16N2O2. The first kappa shape index (κ1) is 15.9. The first-order chi connectivity index (χ1) is 12.8. The summed E-state index contributed by atoms with van der Waals surface area (Å²) in [6.45, 7) is 0. The predicted molar refractivity (Wildman–Crippen MR) is 98.9 cm³/mol. The summed E-state index contributed by atoms with van der Waals surface area (Å²) in [5.74, 6) is -0.367. The van der Waals surface area contributed by atoms with Crippen molar-refractivity contribution in [2.24, 2.45) is 0 Å². The normalized spacial score (nSPS) is 15.2. The number of hydrogen-bond acceptors (Lipinski definition) is 4. The third-order valence-electron chi connectivity index (χ3n) is 4.52. The Balaban J connectivity index is 1.78. The van der Waals surface area contributed by atoms with Crippen LogP contribution in [0.25, 0.3) is 0 Å². The highest BCUT2D eigenvalue weighted by atomic mass is 16.5. The molecule has 4 rings (SSSR count). The Morgan fingerprint density at radius 3 is 2.35 bits per heavy atom. The molecule has 0 radical (unpaired) electrons. The van der Waals surface area contributed by atoms with Crippen LogP contribution in [0.3, 0.4) is 0 Å². The van der Waals surface area contributed by atoms with Crippen molar-refractivity contribution in [1.29, 1.82) is 5.26 Å². The molecule has 0 saturated carbocycles. The van der Waals surface area contributed by atoms with Crippen LogP contribution < -0.4 is 4.90 Å². The average Bonchev–Trinajstić information content (AvgIpc) is 2.83. The molecular weight excluding hydrogens is 324 g/mol. The van der Waals surface area contributed by atoms with E-state index in [-0.39, 0.29) is 5.97 Å². The van der Waals surface area contributed by atoms with Crippen LogP contribution in [0.2, 0.25) is 0 Å². The number of esters is 1. The van der Waals surface area contributed by atoms with Crippen LogP contribution in [0, 0.1) is 11.5 Å². The molecule has 126 valence electrons. The fourth-order valence-corrected chi connectivity index (χ4v) is 3.29. The Hall–Kier alpha value is -3.58. The molecule has 1 aliphatic heterocycles. The molecule has 3 aromatic rings. The molecule has 0 bridgehead atoms. The summed E-state index contributed by atoms with van der Waals surface area (Å²) in [7, 11) is 0. The lowest BCUT2D eigenvalue weighted by molar-refractivity contribution is 0.0300. The molecule has 3 aromatic carbocycles. The Bertz CT molecular complexity index is 992. The van der Waals surface area contributed by atoms with Crippen LogP contribution in [0.5, 0.6) is 0 Å². The first-order valence-electron chi connectivity index (χ1n) is 8.40.